The van der Waals surface area contributed by atoms with Gasteiger partial charge in [0.15, 0.2) is 0 Å². The van der Waals surface area contributed by atoms with Crippen LogP contribution in [0.4, 0.5) is 0 Å². The summed E-state index contributed by atoms with van der Waals surface area (Å²) in [6, 6.07) is 0. The first-order valence-electron chi connectivity index (χ1n) is 4.34. The van der Waals surface area contributed by atoms with Crippen LogP contribution in [0.1, 0.15) is 20.8 Å². The first kappa shape index (κ1) is 11.0. The van der Waals surface area contributed by atoms with Crippen LogP contribution in [0.3, 0.4) is 0 Å². The molecule has 0 saturated heterocycles. The van der Waals surface area contributed by atoms with Gasteiger partial charge in [-0.05, 0) is 32.4 Å². The smallest absolute Gasteiger partial charge is 0.0389 e. The fourth-order valence-corrected chi connectivity index (χ4v) is 0.993. The zero-order valence-electron chi connectivity index (χ0n) is 8.59. The third kappa shape index (κ3) is 2.95. The molecular weight excluding hydrogens is 146 g/mol. The molecule has 0 radical (unpaired) electrons. The van der Waals surface area contributed by atoms with Gasteiger partial charge in [0.25, 0.3) is 0 Å². The van der Waals surface area contributed by atoms with Crippen LogP contribution in [0.15, 0.2) is 36.1 Å². The van der Waals surface area contributed by atoms with Crippen molar-refractivity contribution in [2.45, 2.75) is 20.8 Å². The highest BCUT2D eigenvalue weighted by Crippen LogP contribution is 2.10. The second kappa shape index (κ2) is 5.64. The maximum Gasteiger partial charge on any atom is 0.0389 e. The van der Waals surface area contributed by atoms with E-state index in [-0.39, 0.29) is 0 Å². The molecule has 0 rings (SSSR count). The quantitative estimate of drug-likeness (QED) is 0.579. The molecule has 0 aliphatic heterocycles. The van der Waals surface area contributed by atoms with E-state index < -0.39 is 0 Å². The summed E-state index contributed by atoms with van der Waals surface area (Å²) in [5, 5.41) is 0. The molecule has 0 fully saturated rings. The molecule has 0 saturated carbocycles. The molecule has 0 bridgehead atoms. The molecule has 0 atom stereocenters. The van der Waals surface area contributed by atoms with Gasteiger partial charge in [-0.2, -0.15) is 0 Å². The highest BCUT2D eigenvalue weighted by atomic mass is 15.1. The maximum atomic E-state index is 3.76. The second-order valence-electron chi connectivity index (χ2n) is 2.79. The van der Waals surface area contributed by atoms with Crippen molar-refractivity contribution in [3.05, 3.63) is 36.1 Å². The molecular formula is C11H19N. The molecule has 0 aromatic carbocycles. The second-order valence-corrected chi connectivity index (χ2v) is 2.79. The summed E-state index contributed by atoms with van der Waals surface area (Å²) in [4.78, 5) is 2.21. The standard InChI is InChI=1S/C11H19N/c1-6-9-11(10(4)7-2)12(5)8-3/h6-7,9H,2,8H2,1,3-5H3/b9-6-,11-10+. The summed E-state index contributed by atoms with van der Waals surface area (Å²) in [5.74, 6) is 0. The van der Waals surface area contributed by atoms with Crippen molar-refractivity contribution in [3.8, 4) is 0 Å². The van der Waals surface area contributed by atoms with Gasteiger partial charge in [-0.3, -0.25) is 0 Å². The van der Waals surface area contributed by atoms with Crippen LogP contribution in [-0.4, -0.2) is 18.5 Å². The van der Waals surface area contributed by atoms with Gasteiger partial charge in [-0.25, -0.2) is 0 Å². The first-order chi connectivity index (χ1) is 5.67. The van der Waals surface area contributed by atoms with Crippen molar-refractivity contribution in [2.24, 2.45) is 0 Å². The summed E-state index contributed by atoms with van der Waals surface area (Å²) in [6.45, 7) is 11.0. The van der Waals surface area contributed by atoms with Gasteiger partial charge in [0, 0.05) is 19.3 Å². The van der Waals surface area contributed by atoms with E-state index in [1.54, 1.807) is 0 Å². The van der Waals surface area contributed by atoms with Crippen LogP contribution in [-0.2, 0) is 0 Å². The van der Waals surface area contributed by atoms with Crippen LogP contribution in [0, 0.1) is 0 Å². The molecule has 0 heterocycles. The largest absolute Gasteiger partial charge is 0.375 e. The van der Waals surface area contributed by atoms with Crippen molar-refractivity contribution in [3.63, 3.8) is 0 Å². The van der Waals surface area contributed by atoms with E-state index in [1.165, 1.54) is 11.3 Å². The molecule has 12 heavy (non-hydrogen) atoms. The van der Waals surface area contributed by atoms with Crippen molar-refractivity contribution in [1.82, 2.24) is 4.90 Å². The summed E-state index contributed by atoms with van der Waals surface area (Å²) in [7, 11) is 2.09. The number of likely N-dealkylation sites (N-methyl/N-ethyl adjacent to an activating group) is 1. The Morgan fingerprint density at radius 1 is 1.50 bits per heavy atom. The molecule has 0 spiro atoms. The van der Waals surface area contributed by atoms with E-state index in [0.29, 0.717) is 0 Å². The Morgan fingerprint density at radius 3 is 2.42 bits per heavy atom. The molecule has 0 aliphatic carbocycles. The molecule has 0 unspecified atom stereocenters. The van der Waals surface area contributed by atoms with Crippen molar-refractivity contribution < 1.29 is 0 Å². The van der Waals surface area contributed by atoms with E-state index in [4.69, 9.17) is 0 Å². The van der Waals surface area contributed by atoms with E-state index in [2.05, 4.69) is 44.5 Å². The summed E-state index contributed by atoms with van der Waals surface area (Å²) >= 11 is 0. The van der Waals surface area contributed by atoms with E-state index in [1.807, 2.05) is 13.0 Å². The predicted molar refractivity (Wildman–Crippen MR) is 56.0 cm³/mol. The number of hydrogen-bond acceptors (Lipinski definition) is 1. The lowest BCUT2D eigenvalue weighted by molar-refractivity contribution is 0.452. The SMILES string of the molecule is C=C/C(C)=C(\C=C/C)N(C)CC. The topological polar surface area (TPSA) is 3.24 Å². The molecule has 0 amide bonds. The zero-order valence-corrected chi connectivity index (χ0v) is 8.59. The average molecular weight is 165 g/mol. The summed E-state index contributed by atoms with van der Waals surface area (Å²) in [6.07, 6.45) is 6.05. The molecule has 1 heteroatoms. The Bertz CT molecular complexity index is 199. The Kier molecular flexibility index (Phi) is 5.18. The van der Waals surface area contributed by atoms with Gasteiger partial charge in [0.2, 0.25) is 0 Å². The van der Waals surface area contributed by atoms with Gasteiger partial charge in [0.05, 0.1) is 0 Å². The minimum absolute atomic E-state index is 1.02. The minimum atomic E-state index is 1.02. The van der Waals surface area contributed by atoms with Crippen molar-refractivity contribution >= 4 is 0 Å². The van der Waals surface area contributed by atoms with E-state index in [9.17, 15) is 0 Å². The Morgan fingerprint density at radius 2 is 2.08 bits per heavy atom. The fourth-order valence-electron chi connectivity index (χ4n) is 0.993. The van der Waals surface area contributed by atoms with Gasteiger partial charge in [-0.15, -0.1) is 0 Å². The van der Waals surface area contributed by atoms with Crippen molar-refractivity contribution in [2.75, 3.05) is 13.6 Å². The zero-order chi connectivity index (χ0) is 9.56. The van der Waals surface area contributed by atoms with Gasteiger partial charge in [0.1, 0.15) is 0 Å². The normalized spacial score (nSPS) is 13.0. The average Bonchev–Trinajstić information content (AvgIpc) is 2.11. The first-order valence-corrected chi connectivity index (χ1v) is 4.34. The summed E-state index contributed by atoms with van der Waals surface area (Å²) in [5.41, 5.74) is 2.47. The summed E-state index contributed by atoms with van der Waals surface area (Å²) < 4.78 is 0. The lowest BCUT2D eigenvalue weighted by atomic mass is 10.2. The van der Waals surface area contributed by atoms with Gasteiger partial charge in [-0.1, -0.05) is 18.7 Å². The number of rotatable bonds is 4. The van der Waals surface area contributed by atoms with Gasteiger partial charge < -0.3 is 4.90 Å². The third-order valence-electron chi connectivity index (χ3n) is 1.92. The van der Waals surface area contributed by atoms with Crippen LogP contribution < -0.4 is 0 Å². The Balaban J connectivity index is 4.76. The molecule has 0 aromatic rings. The molecule has 0 aliphatic rings. The van der Waals surface area contributed by atoms with Crippen LogP contribution in [0.25, 0.3) is 0 Å². The number of allylic oxidation sites excluding steroid dienone is 4. The third-order valence-corrected chi connectivity index (χ3v) is 1.92. The maximum absolute atomic E-state index is 3.76. The number of nitrogens with zero attached hydrogens (tertiary/aromatic N) is 1. The highest BCUT2D eigenvalue weighted by molar-refractivity contribution is 5.29. The lowest BCUT2D eigenvalue weighted by Crippen LogP contribution is -2.16. The minimum Gasteiger partial charge on any atom is -0.375 e. The van der Waals surface area contributed by atoms with Crippen LogP contribution >= 0.6 is 0 Å². The molecule has 1 nitrogen and oxygen atoms in total. The molecule has 0 N–H and O–H groups in total. The highest BCUT2D eigenvalue weighted by Gasteiger charge is 1.99. The Hall–Kier alpha value is -0.980. The monoisotopic (exact) mass is 165 g/mol. The van der Waals surface area contributed by atoms with Crippen molar-refractivity contribution in [1.29, 1.82) is 0 Å². The lowest BCUT2D eigenvalue weighted by Gasteiger charge is -2.19. The van der Waals surface area contributed by atoms with Crippen LogP contribution in [0.5, 0.6) is 0 Å². The van der Waals surface area contributed by atoms with Crippen LogP contribution in [0.2, 0.25) is 0 Å². The number of hydrogen-bond donors (Lipinski definition) is 0. The fraction of sp³-hybridized carbons (Fsp3) is 0.455. The predicted octanol–water partition coefficient (Wildman–Crippen LogP) is 2.97. The molecule has 0 aromatic heterocycles. The van der Waals surface area contributed by atoms with Gasteiger partial charge >= 0.3 is 0 Å². The van der Waals surface area contributed by atoms with E-state index in [0.717, 1.165) is 6.54 Å². The molecule has 68 valence electrons. The Labute approximate surface area is 76.1 Å². The van der Waals surface area contributed by atoms with E-state index >= 15 is 0 Å².